The summed E-state index contributed by atoms with van der Waals surface area (Å²) in [7, 11) is -1.77. The first-order valence-electron chi connectivity index (χ1n) is 17.2. The Morgan fingerprint density at radius 3 is 2.48 bits per heavy atom. The quantitative estimate of drug-likeness (QED) is 0.284. The van der Waals surface area contributed by atoms with E-state index >= 15 is 0 Å². The van der Waals surface area contributed by atoms with Crippen molar-refractivity contribution in [1.82, 2.24) is 29.9 Å². The fraction of sp³-hybridized carbons (Fsp3) is 0.676. The molecule has 2 aromatic rings. The fourth-order valence-electron chi connectivity index (χ4n) is 7.81. The Morgan fingerprint density at radius 2 is 1.81 bits per heavy atom. The molecule has 266 valence electrons. The monoisotopic (exact) mass is 688 g/mol. The molecular formula is C34H52N6O7S. The van der Waals surface area contributed by atoms with Crippen LogP contribution >= 0.6 is 0 Å². The Labute approximate surface area is 283 Å². The number of piperidine rings is 2. The zero-order chi connectivity index (χ0) is 34.6. The van der Waals surface area contributed by atoms with Crippen molar-refractivity contribution in [2.45, 2.75) is 88.7 Å². The van der Waals surface area contributed by atoms with Crippen LogP contribution in [0.4, 0.5) is 4.79 Å². The van der Waals surface area contributed by atoms with Gasteiger partial charge < -0.3 is 29.5 Å². The number of aliphatic hydroxyl groups is 1. The maximum Gasteiger partial charge on any atom is 0.409 e. The van der Waals surface area contributed by atoms with E-state index in [0.717, 1.165) is 56.0 Å². The molecule has 0 saturated carbocycles. The van der Waals surface area contributed by atoms with E-state index in [1.54, 1.807) is 15.5 Å². The first-order chi connectivity index (χ1) is 22.8. The number of benzene rings is 1. The normalized spacial score (nSPS) is 24.1. The Hall–Kier alpha value is -3.04. The Kier molecular flexibility index (Phi) is 11.8. The van der Waals surface area contributed by atoms with E-state index in [1.807, 2.05) is 38.1 Å². The number of rotatable bonds is 13. The molecule has 0 spiro atoms. The number of carbonyl (C=O) groups excluding carboxylic acids is 2. The predicted octanol–water partition coefficient (Wildman–Crippen LogP) is 1.79. The van der Waals surface area contributed by atoms with Crippen LogP contribution in [0.15, 0.2) is 35.1 Å². The molecule has 1 aromatic heterocycles. The van der Waals surface area contributed by atoms with Crippen LogP contribution in [-0.4, -0.2) is 134 Å². The molecule has 3 N–H and O–H groups in total. The van der Waals surface area contributed by atoms with Crippen molar-refractivity contribution < 1.29 is 27.9 Å². The maximum atomic E-state index is 13.5. The molecule has 3 fully saturated rings. The Balaban J connectivity index is 1.14. The van der Waals surface area contributed by atoms with Gasteiger partial charge in [0.2, 0.25) is 0 Å². The molecule has 3 aliphatic rings. The minimum atomic E-state index is -3.10. The Morgan fingerprint density at radius 1 is 1.10 bits per heavy atom. The second kappa shape index (κ2) is 15.7. The van der Waals surface area contributed by atoms with Gasteiger partial charge in [-0.2, -0.15) is 0 Å². The minimum absolute atomic E-state index is 0.0542. The van der Waals surface area contributed by atoms with Gasteiger partial charge in [0.15, 0.2) is 9.84 Å². The molecular weight excluding hydrogens is 636 g/mol. The zero-order valence-corrected chi connectivity index (χ0v) is 29.5. The van der Waals surface area contributed by atoms with Crippen molar-refractivity contribution in [3.63, 3.8) is 0 Å². The minimum Gasteiger partial charge on any atom is -0.453 e. The second-order valence-electron chi connectivity index (χ2n) is 14.1. The molecule has 13 nitrogen and oxygen atoms in total. The van der Waals surface area contributed by atoms with Crippen molar-refractivity contribution in [3.8, 4) is 0 Å². The molecule has 2 amide bonds. The van der Waals surface area contributed by atoms with Crippen LogP contribution in [0.2, 0.25) is 0 Å². The van der Waals surface area contributed by atoms with Gasteiger partial charge in [-0.25, -0.2) is 13.2 Å². The number of aliphatic hydroxyl groups excluding tert-OH is 1. The number of fused-ring (bicyclic) bond motifs is 3. The topological polar surface area (TPSA) is 154 Å². The molecule has 14 heteroatoms. The summed E-state index contributed by atoms with van der Waals surface area (Å²) >= 11 is 0. The first-order valence-corrected chi connectivity index (χ1v) is 19.2. The number of sulfone groups is 1. The average Bonchev–Trinajstić information content (AvgIpc) is 3.26. The van der Waals surface area contributed by atoms with Crippen molar-refractivity contribution in [3.05, 3.63) is 46.2 Å². The van der Waals surface area contributed by atoms with Crippen LogP contribution in [0.25, 0.3) is 10.9 Å². The van der Waals surface area contributed by atoms with Gasteiger partial charge >= 0.3 is 6.09 Å². The van der Waals surface area contributed by atoms with Crippen LogP contribution < -0.4 is 16.2 Å². The fourth-order valence-corrected chi connectivity index (χ4v) is 8.35. The van der Waals surface area contributed by atoms with E-state index in [4.69, 9.17) is 4.74 Å². The van der Waals surface area contributed by atoms with Crippen LogP contribution in [0, 0.1) is 0 Å². The first kappa shape index (κ1) is 36.2. The summed E-state index contributed by atoms with van der Waals surface area (Å²) in [5, 5.41) is 18.3. The number of carbonyl (C=O) groups is 2. The number of para-hydroxylation sites is 1. The summed E-state index contributed by atoms with van der Waals surface area (Å²) in [5.41, 5.74) is 0.674. The number of ether oxygens (including phenoxy) is 1. The van der Waals surface area contributed by atoms with Gasteiger partial charge in [-0.05, 0) is 76.4 Å². The number of likely N-dealkylation sites (tertiary alicyclic amines) is 1. The highest BCUT2D eigenvalue weighted by Crippen LogP contribution is 2.36. The highest BCUT2D eigenvalue weighted by atomic mass is 32.2. The molecule has 2 bridgehead atoms. The molecule has 2 unspecified atom stereocenters. The van der Waals surface area contributed by atoms with Gasteiger partial charge in [0.25, 0.3) is 11.5 Å². The lowest BCUT2D eigenvalue weighted by atomic mass is 9.96. The van der Waals surface area contributed by atoms with Crippen molar-refractivity contribution in [2.75, 3.05) is 58.5 Å². The molecule has 0 aliphatic carbocycles. The van der Waals surface area contributed by atoms with E-state index in [2.05, 4.69) is 20.4 Å². The predicted molar refractivity (Wildman–Crippen MR) is 185 cm³/mol. The summed E-state index contributed by atoms with van der Waals surface area (Å²) in [6, 6.07) is 9.57. The van der Waals surface area contributed by atoms with E-state index < -0.39 is 22.0 Å². The summed E-state index contributed by atoms with van der Waals surface area (Å²) in [6.45, 7) is 6.95. The average molecular weight is 689 g/mol. The molecule has 5 rings (SSSR count). The second-order valence-corrected chi connectivity index (χ2v) is 16.2. The SMILES string of the molecule is COC(=O)N(CCN1CCCC(NCS(C)(=O)=O)C1)CC(O)CN1[C@@H]2CC[C@H]1C[C@@H](NC(=O)c1cc3ccccc3n(C(C)C)c1=O)C2. The van der Waals surface area contributed by atoms with Gasteiger partial charge in [-0.3, -0.25) is 19.8 Å². The van der Waals surface area contributed by atoms with E-state index in [-0.39, 0.29) is 59.7 Å². The van der Waals surface area contributed by atoms with Gasteiger partial charge in [-0.1, -0.05) is 18.2 Å². The van der Waals surface area contributed by atoms with Crippen molar-refractivity contribution >= 4 is 32.7 Å². The summed E-state index contributed by atoms with van der Waals surface area (Å²) < 4.78 is 29.8. The van der Waals surface area contributed by atoms with Crippen LogP contribution in [0.1, 0.15) is 68.8 Å². The lowest BCUT2D eigenvalue weighted by molar-refractivity contribution is 0.0292. The molecule has 4 heterocycles. The lowest BCUT2D eigenvalue weighted by Gasteiger charge is -2.40. The number of pyridine rings is 1. The highest BCUT2D eigenvalue weighted by molar-refractivity contribution is 7.90. The third kappa shape index (κ3) is 8.94. The third-order valence-corrected chi connectivity index (χ3v) is 10.7. The summed E-state index contributed by atoms with van der Waals surface area (Å²) in [4.78, 5) is 45.6. The number of nitrogens with zero attached hydrogens (tertiary/aromatic N) is 4. The molecule has 0 radical (unpaired) electrons. The van der Waals surface area contributed by atoms with Crippen molar-refractivity contribution in [2.24, 2.45) is 0 Å². The number of hydrogen-bond donors (Lipinski definition) is 3. The summed E-state index contributed by atoms with van der Waals surface area (Å²) in [5.74, 6) is -0.403. The van der Waals surface area contributed by atoms with Crippen molar-refractivity contribution in [1.29, 1.82) is 0 Å². The van der Waals surface area contributed by atoms with Crippen LogP contribution in [-0.2, 0) is 14.6 Å². The highest BCUT2D eigenvalue weighted by Gasteiger charge is 2.42. The van der Waals surface area contributed by atoms with Crippen LogP contribution in [0.5, 0.6) is 0 Å². The number of hydrogen-bond acceptors (Lipinski definition) is 10. The molecule has 48 heavy (non-hydrogen) atoms. The number of nitrogens with one attached hydrogen (secondary N) is 2. The standard InChI is InChI=1S/C34H52N6O7S/c1-23(2)40-31-10-6-5-8-24(31)16-30(33(40)43)32(42)36-26-17-27-11-12-28(18-26)39(27)21-29(41)20-38(34(44)47-3)15-14-37-13-7-9-25(19-37)35-22-48(4,45)46/h5-6,8,10,16,23,25-29,35,41H,7,9,11-15,17-22H2,1-4H3,(H,36,42)/t25?,26-,27+,28-,29?. The van der Waals surface area contributed by atoms with E-state index in [1.165, 1.54) is 13.4 Å². The Bertz CT molecular complexity index is 1600. The lowest BCUT2D eigenvalue weighted by Crippen LogP contribution is -2.54. The largest absolute Gasteiger partial charge is 0.453 e. The number of amides is 2. The van der Waals surface area contributed by atoms with E-state index in [0.29, 0.717) is 26.2 Å². The zero-order valence-electron chi connectivity index (χ0n) is 28.6. The molecule has 3 saturated heterocycles. The summed E-state index contributed by atoms with van der Waals surface area (Å²) in [6.07, 6.45) is 5.15. The maximum absolute atomic E-state index is 13.5. The number of methoxy groups -OCH3 is 1. The molecule has 3 aliphatic heterocycles. The van der Waals surface area contributed by atoms with Gasteiger partial charge in [0.05, 0.1) is 31.2 Å². The third-order valence-electron chi connectivity index (χ3n) is 10.0. The molecule has 5 atom stereocenters. The number of aromatic nitrogens is 1. The van der Waals surface area contributed by atoms with E-state index in [9.17, 15) is 27.9 Å². The molecule has 1 aromatic carbocycles. The van der Waals surface area contributed by atoms with Gasteiger partial charge in [0, 0.05) is 62.6 Å². The van der Waals surface area contributed by atoms with Gasteiger partial charge in [-0.15, -0.1) is 0 Å². The smallest absolute Gasteiger partial charge is 0.409 e. The van der Waals surface area contributed by atoms with Gasteiger partial charge in [0.1, 0.15) is 5.56 Å². The van der Waals surface area contributed by atoms with Crippen LogP contribution in [0.3, 0.4) is 0 Å².